The van der Waals surface area contributed by atoms with Crippen LogP contribution in [-0.2, 0) is 9.31 Å². The van der Waals surface area contributed by atoms with Gasteiger partial charge in [0.1, 0.15) is 0 Å². The molecule has 0 bridgehead atoms. The minimum Gasteiger partial charge on any atom is -0.473 e. The van der Waals surface area contributed by atoms with Crippen LogP contribution in [0.2, 0.25) is 0 Å². The van der Waals surface area contributed by atoms with Crippen LogP contribution in [0, 0.1) is 0 Å². The monoisotopic (exact) mass is 284 g/mol. The van der Waals surface area contributed by atoms with Crippen LogP contribution >= 0.6 is 11.3 Å². The average Bonchev–Trinajstić information content (AvgIpc) is 3.03. The Labute approximate surface area is 122 Å². The minimum absolute atomic E-state index is 0.159. The standard InChI is InChI=1S/C13H20BNO3S/c1-12(2)13(3,4)18-14(17-12)10-9(8-6-7-8)15-11(16-5)19-10/h8H,6-7H2,1-5H3/i5D3. The molecule has 2 heterocycles. The summed E-state index contributed by atoms with van der Waals surface area (Å²) < 4.78 is 39.6. The molecule has 0 amide bonds. The number of methoxy groups -OCH3 is 1. The first kappa shape index (κ1) is 10.2. The van der Waals surface area contributed by atoms with Crippen LogP contribution in [0.3, 0.4) is 0 Å². The van der Waals surface area contributed by atoms with E-state index in [2.05, 4.69) is 4.98 Å². The number of aromatic nitrogens is 1. The highest BCUT2D eigenvalue weighted by atomic mass is 32.1. The quantitative estimate of drug-likeness (QED) is 0.799. The lowest BCUT2D eigenvalue weighted by Crippen LogP contribution is -2.41. The van der Waals surface area contributed by atoms with Crippen LogP contribution in [0.25, 0.3) is 0 Å². The van der Waals surface area contributed by atoms with Gasteiger partial charge in [-0.1, -0.05) is 11.3 Å². The highest BCUT2D eigenvalue weighted by molar-refractivity contribution is 7.23. The molecule has 0 radical (unpaired) electrons. The van der Waals surface area contributed by atoms with Gasteiger partial charge in [-0.05, 0) is 40.5 Å². The van der Waals surface area contributed by atoms with Gasteiger partial charge in [0, 0.05) is 5.92 Å². The zero-order valence-corrected chi connectivity index (χ0v) is 12.5. The topological polar surface area (TPSA) is 40.6 Å². The fourth-order valence-corrected chi connectivity index (χ4v) is 3.02. The van der Waals surface area contributed by atoms with Crippen LogP contribution in [0.15, 0.2) is 0 Å². The third-order valence-corrected chi connectivity index (χ3v) is 5.15. The lowest BCUT2D eigenvalue weighted by Gasteiger charge is -2.32. The Morgan fingerprint density at radius 3 is 2.47 bits per heavy atom. The van der Waals surface area contributed by atoms with Crippen molar-refractivity contribution in [2.75, 3.05) is 7.04 Å². The molecule has 1 saturated heterocycles. The van der Waals surface area contributed by atoms with E-state index >= 15 is 0 Å². The lowest BCUT2D eigenvalue weighted by molar-refractivity contribution is 0.00578. The fourth-order valence-electron chi connectivity index (χ4n) is 2.13. The Morgan fingerprint density at radius 1 is 1.32 bits per heavy atom. The number of nitrogens with zero attached hydrogens (tertiary/aromatic N) is 1. The molecule has 1 aliphatic carbocycles. The second-order valence-corrected chi connectivity index (χ2v) is 7.19. The predicted molar refractivity (Wildman–Crippen MR) is 76.4 cm³/mol. The van der Waals surface area contributed by atoms with Crippen molar-refractivity contribution >= 4 is 23.2 Å². The smallest absolute Gasteiger partial charge is 0.473 e. The van der Waals surface area contributed by atoms with Crippen molar-refractivity contribution in [3.05, 3.63) is 5.69 Å². The zero-order valence-electron chi connectivity index (χ0n) is 14.6. The molecule has 0 aromatic carbocycles. The summed E-state index contributed by atoms with van der Waals surface area (Å²) in [6.07, 6.45) is 2.12. The number of rotatable bonds is 3. The molecule has 0 atom stereocenters. The first-order chi connectivity index (χ1) is 9.98. The molecule has 1 aliphatic heterocycles. The molecule has 104 valence electrons. The molecular formula is C13H20BNO3S. The van der Waals surface area contributed by atoms with E-state index in [9.17, 15) is 0 Å². The van der Waals surface area contributed by atoms with Gasteiger partial charge >= 0.3 is 7.12 Å². The number of thiazole rings is 1. The summed E-state index contributed by atoms with van der Waals surface area (Å²) in [6, 6.07) is 0. The minimum atomic E-state index is -2.49. The molecule has 3 rings (SSSR count). The maximum Gasteiger partial charge on any atom is 0.507 e. The van der Waals surface area contributed by atoms with Crippen molar-refractivity contribution in [2.24, 2.45) is 0 Å². The molecular weight excluding hydrogens is 261 g/mol. The molecule has 6 heteroatoms. The molecule has 0 spiro atoms. The van der Waals surface area contributed by atoms with Crippen molar-refractivity contribution in [1.82, 2.24) is 4.98 Å². The van der Waals surface area contributed by atoms with E-state index in [0.29, 0.717) is 5.92 Å². The third-order valence-electron chi connectivity index (χ3n) is 4.18. The maximum atomic E-state index is 7.22. The van der Waals surface area contributed by atoms with Gasteiger partial charge in [-0.2, -0.15) is 0 Å². The van der Waals surface area contributed by atoms with Gasteiger partial charge in [0.2, 0.25) is 0 Å². The summed E-state index contributed by atoms with van der Waals surface area (Å²) in [6.45, 7) is 7.96. The van der Waals surface area contributed by atoms with Crippen molar-refractivity contribution < 1.29 is 18.2 Å². The van der Waals surface area contributed by atoms with E-state index in [0.717, 1.165) is 23.3 Å². The molecule has 2 aliphatic rings. The highest BCUT2D eigenvalue weighted by Gasteiger charge is 2.53. The summed E-state index contributed by atoms with van der Waals surface area (Å²) in [7, 11) is -3.02. The Hall–Kier alpha value is -0.585. The van der Waals surface area contributed by atoms with E-state index in [1.54, 1.807) is 0 Å². The summed E-state index contributed by atoms with van der Waals surface area (Å²) >= 11 is 1.21. The third kappa shape index (κ3) is 2.20. The summed E-state index contributed by atoms with van der Waals surface area (Å²) in [5, 5.41) is 0.159. The van der Waals surface area contributed by atoms with E-state index < -0.39 is 25.4 Å². The zero-order chi connectivity index (χ0) is 16.3. The van der Waals surface area contributed by atoms with E-state index in [1.807, 2.05) is 27.7 Å². The molecule has 2 fully saturated rings. The largest absolute Gasteiger partial charge is 0.507 e. The Kier molecular flexibility index (Phi) is 2.25. The summed E-state index contributed by atoms with van der Waals surface area (Å²) in [4.78, 5) is 4.37. The van der Waals surface area contributed by atoms with Gasteiger partial charge in [-0.25, -0.2) is 4.98 Å². The normalized spacial score (nSPS) is 27.8. The van der Waals surface area contributed by atoms with Gasteiger partial charge in [-0.15, -0.1) is 0 Å². The highest BCUT2D eigenvalue weighted by Crippen LogP contribution is 2.43. The van der Waals surface area contributed by atoms with Crippen molar-refractivity contribution in [3.8, 4) is 5.19 Å². The molecule has 0 unspecified atom stereocenters. The van der Waals surface area contributed by atoms with E-state index in [-0.39, 0.29) is 5.19 Å². The van der Waals surface area contributed by atoms with Crippen molar-refractivity contribution in [3.63, 3.8) is 0 Å². The van der Waals surface area contributed by atoms with Crippen LogP contribution in [-0.4, -0.2) is 30.3 Å². The Balaban J connectivity index is 1.90. The number of hydrogen-bond acceptors (Lipinski definition) is 5. The van der Waals surface area contributed by atoms with Gasteiger partial charge < -0.3 is 14.0 Å². The van der Waals surface area contributed by atoms with E-state index in [1.165, 1.54) is 11.3 Å². The summed E-state index contributed by atoms with van der Waals surface area (Å²) in [5.74, 6) is 0.360. The second kappa shape index (κ2) is 4.20. The SMILES string of the molecule is [2H]C([2H])([2H])Oc1nc(C2CC2)c(B2OC(C)(C)C(C)(C)O2)s1. The van der Waals surface area contributed by atoms with Gasteiger partial charge in [-0.3, -0.25) is 0 Å². The van der Waals surface area contributed by atoms with Crippen LogP contribution < -0.4 is 9.51 Å². The van der Waals surface area contributed by atoms with Crippen molar-refractivity contribution in [2.45, 2.75) is 57.7 Å². The van der Waals surface area contributed by atoms with Crippen LogP contribution in [0.5, 0.6) is 5.19 Å². The van der Waals surface area contributed by atoms with E-state index in [4.69, 9.17) is 18.2 Å². The maximum absolute atomic E-state index is 7.22. The predicted octanol–water partition coefficient (Wildman–Crippen LogP) is 2.33. The van der Waals surface area contributed by atoms with Crippen LogP contribution in [0.1, 0.15) is 56.3 Å². The first-order valence-corrected chi connectivity index (χ1v) is 7.35. The van der Waals surface area contributed by atoms with Gasteiger partial charge in [0.25, 0.3) is 5.19 Å². The van der Waals surface area contributed by atoms with Crippen molar-refractivity contribution in [1.29, 1.82) is 0 Å². The first-order valence-electron chi connectivity index (χ1n) is 8.04. The van der Waals surface area contributed by atoms with Gasteiger partial charge in [0.05, 0.1) is 32.8 Å². The Bertz CT molecular complexity index is 568. The molecule has 19 heavy (non-hydrogen) atoms. The lowest BCUT2D eigenvalue weighted by atomic mass is 9.85. The number of ether oxygens (including phenoxy) is 1. The number of hydrogen-bond donors (Lipinski definition) is 0. The molecule has 1 aromatic rings. The molecule has 4 nitrogen and oxygen atoms in total. The molecule has 1 saturated carbocycles. The van der Waals surface area contributed by atoms with Crippen LogP contribution in [0.4, 0.5) is 0 Å². The molecule has 1 aromatic heterocycles. The summed E-state index contributed by atoms with van der Waals surface area (Å²) in [5.41, 5.74) is -0.0103. The van der Waals surface area contributed by atoms with Gasteiger partial charge in [0.15, 0.2) is 0 Å². The average molecular weight is 284 g/mol. The Morgan fingerprint density at radius 2 is 1.95 bits per heavy atom. The fraction of sp³-hybridized carbons (Fsp3) is 0.769. The molecule has 0 N–H and O–H groups in total. The second-order valence-electron chi connectivity index (χ2n) is 6.19.